The van der Waals surface area contributed by atoms with Gasteiger partial charge in [0, 0.05) is 5.69 Å². The van der Waals surface area contributed by atoms with E-state index in [0.717, 1.165) is 0 Å². The molecule has 0 bridgehead atoms. The van der Waals surface area contributed by atoms with Gasteiger partial charge in [-0.3, -0.25) is 4.79 Å². The lowest BCUT2D eigenvalue weighted by atomic mass is 10.0. The fourth-order valence-electron chi connectivity index (χ4n) is 2.69. The third-order valence-electron chi connectivity index (χ3n) is 3.94. The second-order valence-electron chi connectivity index (χ2n) is 5.72. The molecule has 0 fully saturated rings. The summed E-state index contributed by atoms with van der Waals surface area (Å²) in [5.41, 5.74) is -1.61. The van der Waals surface area contributed by atoms with Gasteiger partial charge in [-0.1, -0.05) is 48.5 Å². The van der Waals surface area contributed by atoms with Gasteiger partial charge < -0.3 is 10.4 Å². The summed E-state index contributed by atoms with van der Waals surface area (Å²) < 4.78 is 58.0. The van der Waals surface area contributed by atoms with Crippen molar-refractivity contribution in [3.63, 3.8) is 0 Å². The molecule has 138 valence electrons. The van der Waals surface area contributed by atoms with Crippen LogP contribution in [-0.2, 0) is 11.2 Å². The smallest absolute Gasteiger partial charge is 0.307 e. The van der Waals surface area contributed by atoms with Gasteiger partial charge >= 0.3 is 5.97 Å². The van der Waals surface area contributed by atoms with Crippen LogP contribution in [-0.4, -0.2) is 11.1 Å². The maximum atomic E-state index is 14.5. The first-order valence-corrected chi connectivity index (χ1v) is 7.88. The van der Waals surface area contributed by atoms with Crippen LogP contribution in [0.15, 0.2) is 54.6 Å². The van der Waals surface area contributed by atoms with Crippen molar-refractivity contribution in [3.05, 3.63) is 83.4 Å². The maximum absolute atomic E-state index is 14.5. The van der Waals surface area contributed by atoms with Gasteiger partial charge in [0.15, 0.2) is 23.3 Å². The number of carbonyl (C=O) groups is 1. The number of nitrogens with one attached hydrogen (secondary N) is 1. The van der Waals surface area contributed by atoms with Crippen molar-refractivity contribution in [2.45, 2.75) is 6.42 Å². The van der Waals surface area contributed by atoms with Crippen LogP contribution in [0.2, 0.25) is 0 Å². The first-order chi connectivity index (χ1) is 12.9. The van der Waals surface area contributed by atoms with Crippen molar-refractivity contribution in [2.75, 3.05) is 5.32 Å². The summed E-state index contributed by atoms with van der Waals surface area (Å²) in [5, 5.41) is 11.2. The van der Waals surface area contributed by atoms with E-state index in [2.05, 4.69) is 5.32 Å². The molecule has 0 aliphatic rings. The highest BCUT2D eigenvalue weighted by molar-refractivity contribution is 5.76. The van der Waals surface area contributed by atoms with Crippen LogP contribution >= 0.6 is 0 Å². The molecule has 0 spiro atoms. The molecule has 0 amide bonds. The standard InChI is InChI=1S/C20H13F4NO2/c21-16-15(11-6-2-1-3-7-11)17(22)19(24)20(18(16)23)25-13-9-5-4-8-12(13)10-14(26)27/h1-9,25H,10H2,(H,26,27). The topological polar surface area (TPSA) is 49.3 Å². The fraction of sp³-hybridized carbons (Fsp3) is 0.0500. The lowest BCUT2D eigenvalue weighted by molar-refractivity contribution is -0.136. The minimum Gasteiger partial charge on any atom is -0.481 e. The van der Waals surface area contributed by atoms with E-state index < -0.39 is 46.9 Å². The van der Waals surface area contributed by atoms with E-state index >= 15 is 0 Å². The van der Waals surface area contributed by atoms with Crippen molar-refractivity contribution in [2.24, 2.45) is 0 Å². The van der Waals surface area contributed by atoms with Gasteiger partial charge in [-0.25, -0.2) is 17.6 Å². The number of hydrogen-bond acceptors (Lipinski definition) is 2. The van der Waals surface area contributed by atoms with Crippen LogP contribution in [0.3, 0.4) is 0 Å². The fourth-order valence-corrected chi connectivity index (χ4v) is 2.69. The van der Waals surface area contributed by atoms with E-state index in [9.17, 15) is 22.4 Å². The van der Waals surface area contributed by atoms with Crippen LogP contribution in [0.4, 0.5) is 28.9 Å². The predicted molar refractivity (Wildman–Crippen MR) is 92.8 cm³/mol. The molecule has 0 saturated heterocycles. The van der Waals surface area contributed by atoms with E-state index in [0.29, 0.717) is 0 Å². The normalized spacial score (nSPS) is 10.7. The molecule has 0 aliphatic carbocycles. The highest BCUT2D eigenvalue weighted by Crippen LogP contribution is 2.36. The van der Waals surface area contributed by atoms with Crippen LogP contribution < -0.4 is 5.32 Å². The third kappa shape index (κ3) is 3.62. The Bertz CT molecular complexity index is 977. The van der Waals surface area contributed by atoms with Crippen molar-refractivity contribution in [3.8, 4) is 11.1 Å². The Morgan fingerprint density at radius 3 is 1.96 bits per heavy atom. The molecule has 27 heavy (non-hydrogen) atoms. The molecule has 0 radical (unpaired) electrons. The zero-order valence-corrected chi connectivity index (χ0v) is 13.8. The second kappa shape index (κ2) is 7.49. The quantitative estimate of drug-likeness (QED) is 0.471. The molecule has 2 N–H and O–H groups in total. The zero-order valence-electron chi connectivity index (χ0n) is 13.8. The highest BCUT2D eigenvalue weighted by Gasteiger charge is 2.26. The molecular weight excluding hydrogens is 362 g/mol. The van der Waals surface area contributed by atoms with E-state index in [1.807, 2.05) is 0 Å². The molecule has 0 unspecified atom stereocenters. The van der Waals surface area contributed by atoms with Gasteiger partial charge in [0.25, 0.3) is 0 Å². The summed E-state index contributed by atoms with van der Waals surface area (Å²) in [6, 6.07) is 13.0. The predicted octanol–water partition coefficient (Wildman–Crippen LogP) is 5.28. The molecule has 3 aromatic rings. The van der Waals surface area contributed by atoms with E-state index in [-0.39, 0.29) is 16.8 Å². The Morgan fingerprint density at radius 1 is 0.815 bits per heavy atom. The Hall–Kier alpha value is -3.35. The van der Waals surface area contributed by atoms with Crippen molar-refractivity contribution < 1.29 is 27.5 Å². The largest absolute Gasteiger partial charge is 0.481 e. The minimum atomic E-state index is -1.60. The van der Waals surface area contributed by atoms with Crippen molar-refractivity contribution in [1.29, 1.82) is 0 Å². The van der Waals surface area contributed by atoms with E-state index in [1.54, 1.807) is 6.07 Å². The van der Waals surface area contributed by atoms with Crippen molar-refractivity contribution >= 4 is 17.3 Å². The van der Waals surface area contributed by atoms with Gasteiger partial charge in [0.1, 0.15) is 5.69 Å². The SMILES string of the molecule is O=C(O)Cc1ccccc1Nc1c(F)c(F)c(-c2ccccc2)c(F)c1F. The first-order valence-electron chi connectivity index (χ1n) is 7.88. The van der Waals surface area contributed by atoms with E-state index in [1.165, 1.54) is 48.5 Å². The average Bonchev–Trinajstić information content (AvgIpc) is 2.65. The summed E-state index contributed by atoms with van der Waals surface area (Å²) in [6.07, 6.45) is -0.431. The monoisotopic (exact) mass is 375 g/mol. The number of carboxylic acid groups (broad SMARTS) is 1. The molecule has 0 atom stereocenters. The highest BCUT2D eigenvalue weighted by atomic mass is 19.2. The average molecular weight is 375 g/mol. The number of halogens is 4. The number of carboxylic acids is 1. The Labute approximate surface area is 151 Å². The lowest BCUT2D eigenvalue weighted by Gasteiger charge is -2.15. The number of anilines is 2. The number of rotatable bonds is 5. The Balaban J connectivity index is 2.10. The minimum absolute atomic E-state index is 0.0110. The van der Waals surface area contributed by atoms with Crippen molar-refractivity contribution in [1.82, 2.24) is 0 Å². The Morgan fingerprint density at radius 2 is 1.37 bits per heavy atom. The van der Waals surface area contributed by atoms with Gasteiger partial charge in [0.2, 0.25) is 0 Å². The summed E-state index contributed by atoms with van der Waals surface area (Å²) in [7, 11) is 0. The lowest BCUT2D eigenvalue weighted by Crippen LogP contribution is -2.08. The van der Waals surface area contributed by atoms with Crippen LogP contribution in [0.25, 0.3) is 11.1 Å². The molecule has 3 rings (SSSR count). The van der Waals surface area contributed by atoms with Gasteiger partial charge in [-0.15, -0.1) is 0 Å². The maximum Gasteiger partial charge on any atom is 0.307 e. The third-order valence-corrected chi connectivity index (χ3v) is 3.94. The van der Waals surface area contributed by atoms with Gasteiger partial charge in [-0.2, -0.15) is 0 Å². The first kappa shape index (κ1) is 18.4. The summed E-state index contributed by atoms with van der Waals surface area (Å²) in [6.45, 7) is 0. The molecule has 7 heteroatoms. The molecule has 3 nitrogen and oxygen atoms in total. The summed E-state index contributed by atoms with van der Waals surface area (Å²) in [5.74, 6) is -7.45. The molecule has 0 aliphatic heterocycles. The van der Waals surface area contributed by atoms with Gasteiger partial charge in [0.05, 0.1) is 12.0 Å². The molecule has 0 aromatic heterocycles. The molecule has 0 saturated carbocycles. The summed E-state index contributed by atoms with van der Waals surface area (Å²) >= 11 is 0. The van der Waals surface area contributed by atoms with Crippen LogP contribution in [0.5, 0.6) is 0 Å². The number of para-hydroxylation sites is 1. The van der Waals surface area contributed by atoms with Crippen LogP contribution in [0, 0.1) is 23.3 Å². The zero-order chi connectivity index (χ0) is 19.6. The molecular formula is C20H13F4NO2. The van der Waals surface area contributed by atoms with Crippen LogP contribution in [0.1, 0.15) is 5.56 Å². The molecule has 0 heterocycles. The molecule has 3 aromatic carbocycles. The number of hydrogen-bond donors (Lipinski definition) is 2. The Kier molecular flexibility index (Phi) is 5.12. The second-order valence-corrected chi connectivity index (χ2v) is 5.72. The van der Waals surface area contributed by atoms with Gasteiger partial charge in [-0.05, 0) is 17.2 Å². The number of benzene rings is 3. The summed E-state index contributed by atoms with van der Waals surface area (Å²) in [4.78, 5) is 10.9. The number of aliphatic carboxylic acids is 1. The van der Waals surface area contributed by atoms with E-state index in [4.69, 9.17) is 5.11 Å².